The van der Waals surface area contributed by atoms with Gasteiger partial charge in [0, 0.05) is 37.0 Å². The first-order valence-electron chi connectivity index (χ1n) is 13.3. The standard InChI is InChI=1S/C27H36F3N3O3/c1-3-36-25(35)33-20-9-7-19(8-10-21(33)12-11-20)31-15-13-26(14-16-31)17-32(18(2)34)24-22(26)5-4-6-23(24)27(28,29)30/h4-6,19-21H,3,7-17H2,1-2H3. The number of fused-ring (bicyclic) bond motifs is 4. The molecule has 2 unspecified atom stereocenters. The van der Waals surface area contributed by atoms with Gasteiger partial charge >= 0.3 is 12.3 Å². The number of anilines is 1. The number of carbonyl (C=O) groups is 2. The Morgan fingerprint density at radius 2 is 1.58 bits per heavy atom. The molecule has 0 aliphatic carbocycles. The summed E-state index contributed by atoms with van der Waals surface area (Å²) in [5.74, 6) is -0.339. The van der Waals surface area contributed by atoms with Gasteiger partial charge in [0.15, 0.2) is 0 Å². The number of piperidine rings is 1. The fraction of sp³-hybridized carbons (Fsp3) is 0.704. The third-order valence-electron chi connectivity index (χ3n) is 9.06. The van der Waals surface area contributed by atoms with Crippen LogP contribution in [0.5, 0.6) is 0 Å². The van der Waals surface area contributed by atoms with E-state index in [0.29, 0.717) is 24.8 Å². The van der Waals surface area contributed by atoms with Crippen LogP contribution >= 0.6 is 0 Å². The first-order valence-corrected chi connectivity index (χ1v) is 13.3. The highest BCUT2D eigenvalue weighted by molar-refractivity contribution is 5.96. The maximum atomic E-state index is 13.8. The molecule has 9 heteroatoms. The molecule has 1 aromatic carbocycles. The van der Waals surface area contributed by atoms with E-state index in [1.54, 1.807) is 6.07 Å². The number of hydrogen-bond donors (Lipinski definition) is 0. The third-order valence-corrected chi connectivity index (χ3v) is 9.06. The zero-order valence-corrected chi connectivity index (χ0v) is 21.1. The summed E-state index contributed by atoms with van der Waals surface area (Å²) in [7, 11) is 0. The number of nitrogens with zero attached hydrogens (tertiary/aromatic N) is 3. The van der Waals surface area contributed by atoms with Gasteiger partial charge in [-0.3, -0.25) is 4.79 Å². The SMILES string of the molecule is CCOC(=O)N1C2CCC(N3CCC4(CC3)CN(C(C)=O)c3c(C(F)(F)F)cccc34)CCC1CC2. The van der Waals surface area contributed by atoms with Crippen molar-refractivity contribution in [3.63, 3.8) is 0 Å². The van der Waals surface area contributed by atoms with E-state index >= 15 is 0 Å². The molecule has 0 aromatic heterocycles. The molecule has 0 radical (unpaired) electrons. The van der Waals surface area contributed by atoms with Crippen LogP contribution in [0.4, 0.5) is 23.7 Å². The maximum absolute atomic E-state index is 13.8. The summed E-state index contributed by atoms with van der Waals surface area (Å²) in [5, 5.41) is 0. The van der Waals surface area contributed by atoms with Gasteiger partial charge in [0.2, 0.25) is 5.91 Å². The molecule has 2 bridgehead atoms. The summed E-state index contributed by atoms with van der Waals surface area (Å²) >= 11 is 0. The number of benzene rings is 1. The Morgan fingerprint density at radius 3 is 2.11 bits per heavy atom. The van der Waals surface area contributed by atoms with Crippen molar-refractivity contribution in [2.24, 2.45) is 0 Å². The van der Waals surface area contributed by atoms with Crippen molar-refractivity contribution in [3.05, 3.63) is 29.3 Å². The molecule has 4 aliphatic heterocycles. The van der Waals surface area contributed by atoms with Crippen LogP contribution in [-0.4, -0.2) is 66.2 Å². The van der Waals surface area contributed by atoms with Crippen molar-refractivity contribution in [2.45, 2.75) is 94.9 Å². The lowest BCUT2D eigenvalue weighted by atomic mass is 9.73. The van der Waals surface area contributed by atoms with E-state index in [9.17, 15) is 22.8 Å². The lowest BCUT2D eigenvalue weighted by molar-refractivity contribution is -0.137. The second-order valence-electron chi connectivity index (χ2n) is 10.9. The number of para-hydroxylation sites is 1. The first-order chi connectivity index (χ1) is 17.1. The Bertz CT molecular complexity index is 990. The van der Waals surface area contributed by atoms with Crippen molar-refractivity contribution in [1.82, 2.24) is 9.80 Å². The van der Waals surface area contributed by atoms with Crippen molar-refractivity contribution < 1.29 is 27.5 Å². The molecule has 5 rings (SSSR count). The summed E-state index contributed by atoms with van der Waals surface area (Å²) in [5.41, 5.74) is -0.406. The number of alkyl halides is 3. The monoisotopic (exact) mass is 507 g/mol. The van der Waals surface area contributed by atoms with Crippen LogP contribution in [0.25, 0.3) is 0 Å². The topological polar surface area (TPSA) is 53.1 Å². The minimum absolute atomic E-state index is 0.0625. The van der Waals surface area contributed by atoms with Crippen molar-refractivity contribution in [1.29, 1.82) is 0 Å². The van der Waals surface area contributed by atoms with Crippen LogP contribution in [0.1, 0.15) is 76.3 Å². The highest BCUT2D eigenvalue weighted by Gasteiger charge is 2.50. The summed E-state index contributed by atoms with van der Waals surface area (Å²) < 4.78 is 46.8. The van der Waals surface area contributed by atoms with E-state index in [-0.39, 0.29) is 29.8 Å². The molecular formula is C27H36F3N3O3. The predicted molar refractivity (Wildman–Crippen MR) is 130 cm³/mol. The first kappa shape index (κ1) is 25.4. The van der Waals surface area contributed by atoms with Gasteiger partial charge in [0.05, 0.1) is 17.9 Å². The molecule has 1 spiro atoms. The van der Waals surface area contributed by atoms with Gasteiger partial charge in [-0.1, -0.05) is 12.1 Å². The molecule has 1 aromatic rings. The van der Waals surface area contributed by atoms with Gasteiger partial charge in [-0.2, -0.15) is 13.2 Å². The number of rotatable bonds is 2. The average Bonchev–Trinajstić information content (AvgIpc) is 3.40. The Labute approximate surface area is 210 Å². The number of likely N-dealkylation sites (tertiary alicyclic amines) is 1. The molecule has 2 amide bonds. The zero-order chi connectivity index (χ0) is 25.7. The molecule has 4 heterocycles. The van der Waals surface area contributed by atoms with E-state index in [4.69, 9.17) is 4.74 Å². The number of carbonyl (C=O) groups excluding carboxylic acids is 2. The molecule has 2 atom stereocenters. The van der Waals surface area contributed by atoms with E-state index < -0.39 is 17.2 Å². The van der Waals surface area contributed by atoms with Crippen molar-refractivity contribution >= 4 is 17.7 Å². The Hall–Kier alpha value is -2.29. The number of ether oxygens (including phenoxy) is 1. The second kappa shape index (κ2) is 9.54. The van der Waals surface area contributed by atoms with Crippen LogP contribution in [0.15, 0.2) is 18.2 Å². The van der Waals surface area contributed by atoms with Crippen LogP contribution in [0.3, 0.4) is 0 Å². The molecule has 0 N–H and O–H groups in total. The smallest absolute Gasteiger partial charge is 0.418 e. The fourth-order valence-electron chi connectivity index (χ4n) is 7.27. The Balaban J connectivity index is 1.30. The van der Waals surface area contributed by atoms with Gasteiger partial charge < -0.3 is 19.4 Å². The van der Waals surface area contributed by atoms with Crippen molar-refractivity contribution in [2.75, 3.05) is 31.1 Å². The lowest BCUT2D eigenvalue weighted by Gasteiger charge is -2.44. The number of halogens is 3. The minimum atomic E-state index is -4.50. The second-order valence-corrected chi connectivity index (χ2v) is 10.9. The van der Waals surface area contributed by atoms with E-state index in [0.717, 1.165) is 70.5 Å². The minimum Gasteiger partial charge on any atom is -0.450 e. The number of hydrogen-bond acceptors (Lipinski definition) is 4. The third kappa shape index (κ3) is 4.37. The molecule has 0 saturated carbocycles. The molecular weight excluding hydrogens is 471 g/mol. The molecule has 36 heavy (non-hydrogen) atoms. The van der Waals surface area contributed by atoms with Gasteiger partial charge in [-0.15, -0.1) is 0 Å². The summed E-state index contributed by atoms with van der Waals surface area (Å²) in [6.07, 6.45) is 2.78. The Kier molecular flexibility index (Phi) is 6.72. The van der Waals surface area contributed by atoms with Crippen LogP contribution in [0.2, 0.25) is 0 Å². The van der Waals surface area contributed by atoms with Gasteiger partial charge in [0.1, 0.15) is 0 Å². The summed E-state index contributed by atoms with van der Waals surface area (Å²) in [6.45, 7) is 5.52. The van der Waals surface area contributed by atoms with Crippen molar-refractivity contribution in [3.8, 4) is 0 Å². The maximum Gasteiger partial charge on any atom is 0.418 e. The fourth-order valence-corrected chi connectivity index (χ4v) is 7.27. The normalized spacial score (nSPS) is 28.1. The van der Waals surface area contributed by atoms with Gasteiger partial charge in [-0.25, -0.2) is 4.79 Å². The summed E-state index contributed by atoms with van der Waals surface area (Å²) in [6, 6.07) is 5.26. The van der Waals surface area contributed by atoms with Crippen LogP contribution in [-0.2, 0) is 21.1 Å². The quantitative estimate of drug-likeness (QED) is 0.543. The van der Waals surface area contributed by atoms with Gasteiger partial charge in [0.25, 0.3) is 0 Å². The largest absolute Gasteiger partial charge is 0.450 e. The van der Waals surface area contributed by atoms with Gasteiger partial charge in [-0.05, 0) is 83.0 Å². The van der Waals surface area contributed by atoms with E-state index in [1.807, 2.05) is 11.8 Å². The summed E-state index contributed by atoms with van der Waals surface area (Å²) in [4.78, 5) is 30.7. The highest BCUT2D eigenvalue weighted by atomic mass is 19.4. The van der Waals surface area contributed by atoms with Crippen LogP contribution < -0.4 is 4.90 Å². The predicted octanol–water partition coefficient (Wildman–Crippen LogP) is 5.34. The molecule has 6 nitrogen and oxygen atoms in total. The molecule has 3 saturated heterocycles. The average molecular weight is 508 g/mol. The molecule has 4 aliphatic rings. The molecule has 198 valence electrons. The van der Waals surface area contributed by atoms with E-state index in [1.165, 1.54) is 17.9 Å². The zero-order valence-electron chi connectivity index (χ0n) is 21.1. The highest BCUT2D eigenvalue weighted by Crippen LogP contribution is 2.52. The van der Waals surface area contributed by atoms with E-state index in [2.05, 4.69) is 4.90 Å². The van der Waals surface area contributed by atoms with Crippen LogP contribution in [0, 0.1) is 0 Å². The lowest BCUT2D eigenvalue weighted by Crippen LogP contribution is -2.50. The number of amides is 2. The molecule has 3 fully saturated rings. The Morgan fingerprint density at radius 1 is 1.00 bits per heavy atom.